The molecule has 3 aromatic rings. The minimum atomic E-state index is -0.729. The number of amidine groups is 1. The van der Waals surface area contributed by atoms with E-state index in [0.29, 0.717) is 40.6 Å². The highest BCUT2D eigenvalue weighted by Crippen LogP contribution is 2.30. The van der Waals surface area contributed by atoms with E-state index in [0.717, 1.165) is 11.3 Å². The summed E-state index contributed by atoms with van der Waals surface area (Å²) in [7, 11) is 2.90. The molecule has 1 atom stereocenters. The summed E-state index contributed by atoms with van der Waals surface area (Å²) in [6, 6.07) is 20.4. The van der Waals surface area contributed by atoms with Gasteiger partial charge in [-0.2, -0.15) is 0 Å². The number of carbonyl (C=O) groups excluding carboxylic acids is 4. The quantitative estimate of drug-likeness (QED) is 0.333. The Morgan fingerprint density at radius 3 is 2.19 bits per heavy atom. The van der Waals surface area contributed by atoms with Crippen LogP contribution in [0.2, 0.25) is 0 Å². The third-order valence-electron chi connectivity index (χ3n) is 6.39. The summed E-state index contributed by atoms with van der Waals surface area (Å²) >= 11 is 1.19. The number of anilines is 1. The van der Waals surface area contributed by atoms with Crippen molar-refractivity contribution in [1.29, 1.82) is 0 Å². The molecule has 0 spiro atoms. The van der Waals surface area contributed by atoms with Gasteiger partial charge in [0.2, 0.25) is 11.8 Å². The van der Waals surface area contributed by atoms with Crippen LogP contribution in [0.4, 0.5) is 11.4 Å². The van der Waals surface area contributed by atoms with E-state index in [1.54, 1.807) is 67.5 Å². The molecule has 0 saturated carbocycles. The molecule has 0 aliphatic carbocycles. The highest BCUT2D eigenvalue weighted by atomic mass is 32.2. The Labute approximate surface area is 248 Å². The number of methoxy groups -OCH3 is 2. The minimum Gasteiger partial charge on any atom is -0.497 e. The first-order chi connectivity index (χ1) is 20.3. The summed E-state index contributed by atoms with van der Waals surface area (Å²) < 4.78 is 15.0. The van der Waals surface area contributed by atoms with Crippen LogP contribution in [-0.2, 0) is 25.5 Å². The molecule has 4 rings (SSSR count). The highest BCUT2D eigenvalue weighted by molar-refractivity contribution is 8.15. The van der Waals surface area contributed by atoms with E-state index in [1.165, 1.54) is 18.9 Å². The number of esters is 2. The molecule has 1 aliphatic heterocycles. The van der Waals surface area contributed by atoms with Gasteiger partial charge >= 0.3 is 11.9 Å². The van der Waals surface area contributed by atoms with Gasteiger partial charge in [-0.1, -0.05) is 23.9 Å². The molecule has 1 saturated heterocycles. The van der Waals surface area contributed by atoms with Gasteiger partial charge < -0.3 is 19.5 Å². The van der Waals surface area contributed by atoms with Gasteiger partial charge in [0.25, 0.3) is 0 Å². The smallest absolute Gasteiger partial charge is 0.338 e. The molecule has 10 nitrogen and oxygen atoms in total. The van der Waals surface area contributed by atoms with Gasteiger partial charge in [0.1, 0.15) is 11.0 Å². The molecular formula is C31H31N3O7S. The monoisotopic (exact) mass is 589 g/mol. The van der Waals surface area contributed by atoms with Crippen LogP contribution in [0.1, 0.15) is 39.6 Å². The van der Waals surface area contributed by atoms with Crippen molar-refractivity contribution in [2.24, 2.45) is 4.99 Å². The fraction of sp³-hybridized carbons (Fsp3) is 0.258. The van der Waals surface area contributed by atoms with Crippen molar-refractivity contribution >= 4 is 52.1 Å². The lowest BCUT2D eigenvalue weighted by atomic mass is 10.1. The number of aliphatic imine (C=N–C) groups is 1. The second-order valence-electron chi connectivity index (χ2n) is 9.17. The standard InChI is InChI=1S/C31H31N3O7S/c1-4-41-30(38)22-9-13-24(14-10-22)33-31-34(18-17-20-5-15-25(39-2)16-6-20)27(35)19-26(42-31)28(36)32-23-11-7-21(8-12-23)29(37)40-3/h5-16,26H,4,17-19H2,1-3H3,(H,32,36)/t26-/m0/s1. The SMILES string of the molecule is CCOC(=O)c1ccc(N=C2S[C@H](C(=O)Nc3ccc(C(=O)OC)cc3)CC(=O)N2CCc2ccc(OC)cc2)cc1. The Bertz CT molecular complexity index is 1460. The summed E-state index contributed by atoms with van der Waals surface area (Å²) in [5.74, 6) is -0.765. The average molecular weight is 590 g/mol. The van der Waals surface area contributed by atoms with Crippen molar-refractivity contribution in [1.82, 2.24) is 4.90 Å². The van der Waals surface area contributed by atoms with Crippen LogP contribution in [0, 0.1) is 0 Å². The normalized spacial score (nSPS) is 15.7. The number of thioether (sulfide) groups is 1. The van der Waals surface area contributed by atoms with Crippen molar-refractivity contribution in [3.05, 3.63) is 89.5 Å². The topological polar surface area (TPSA) is 124 Å². The summed E-state index contributed by atoms with van der Waals surface area (Å²) in [4.78, 5) is 56.6. The number of rotatable bonds is 10. The predicted octanol–water partition coefficient (Wildman–Crippen LogP) is 4.86. The predicted molar refractivity (Wildman–Crippen MR) is 160 cm³/mol. The maximum atomic E-state index is 13.4. The molecule has 218 valence electrons. The highest BCUT2D eigenvalue weighted by Gasteiger charge is 2.36. The van der Waals surface area contributed by atoms with E-state index in [9.17, 15) is 19.2 Å². The lowest BCUT2D eigenvalue weighted by Gasteiger charge is -2.32. The van der Waals surface area contributed by atoms with Crippen LogP contribution >= 0.6 is 11.8 Å². The lowest BCUT2D eigenvalue weighted by molar-refractivity contribution is -0.129. The van der Waals surface area contributed by atoms with Gasteiger partial charge in [-0.05, 0) is 79.6 Å². The molecule has 1 N–H and O–H groups in total. The number of nitrogens with one attached hydrogen (secondary N) is 1. The van der Waals surface area contributed by atoms with Gasteiger partial charge in [0, 0.05) is 18.7 Å². The lowest BCUT2D eigenvalue weighted by Crippen LogP contribution is -2.46. The molecule has 0 radical (unpaired) electrons. The van der Waals surface area contributed by atoms with Crippen LogP contribution < -0.4 is 10.1 Å². The molecule has 1 fully saturated rings. The van der Waals surface area contributed by atoms with E-state index < -0.39 is 17.2 Å². The van der Waals surface area contributed by atoms with Crippen LogP contribution in [0.5, 0.6) is 5.75 Å². The molecule has 0 unspecified atom stereocenters. The Kier molecular flexibility index (Phi) is 10.3. The molecule has 42 heavy (non-hydrogen) atoms. The first-order valence-electron chi connectivity index (χ1n) is 13.3. The van der Waals surface area contributed by atoms with Gasteiger partial charge in [-0.25, -0.2) is 14.6 Å². The maximum absolute atomic E-state index is 13.4. The third kappa shape index (κ3) is 7.76. The number of nitrogens with zero attached hydrogens (tertiary/aromatic N) is 2. The van der Waals surface area contributed by atoms with Gasteiger partial charge in [-0.3, -0.25) is 14.5 Å². The second-order valence-corrected chi connectivity index (χ2v) is 10.3. The fourth-order valence-electron chi connectivity index (χ4n) is 4.12. The van der Waals surface area contributed by atoms with E-state index >= 15 is 0 Å². The molecule has 11 heteroatoms. The zero-order chi connectivity index (χ0) is 30.1. The summed E-state index contributed by atoms with van der Waals surface area (Å²) in [5.41, 5.74) is 2.76. The van der Waals surface area contributed by atoms with Crippen molar-refractivity contribution in [2.45, 2.75) is 25.0 Å². The first kappa shape index (κ1) is 30.3. The largest absolute Gasteiger partial charge is 0.497 e. The van der Waals surface area contributed by atoms with Crippen LogP contribution in [0.3, 0.4) is 0 Å². The Morgan fingerprint density at radius 1 is 0.929 bits per heavy atom. The zero-order valence-corrected chi connectivity index (χ0v) is 24.3. The molecule has 3 aromatic carbocycles. The van der Waals surface area contributed by atoms with Crippen molar-refractivity contribution in [2.75, 3.05) is 32.7 Å². The Balaban J connectivity index is 1.54. The molecule has 0 bridgehead atoms. The zero-order valence-electron chi connectivity index (χ0n) is 23.5. The van der Waals surface area contributed by atoms with Gasteiger partial charge in [-0.15, -0.1) is 0 Å². The number of amides is 2. The van der Waals surface area contributed by atoms with Crippen molar-refractivity contribution < 1.29 is 33.4 Å². The van der Waals surface area contributed by atoms with Crippen molar-refractivity contribution in [3.63, 3.8) is 0 Å². The first-order valence-corrected chi connectivity index (χ1v) is 14.1. The van der Waals surface area contributed by atoms with E-state index in [1.807, 2.05) is 24.3 Å². The Morgan fingerprint density at radius 2 is 1.57 bits per heavy atom. The second kappa shape index (κ2) is 14.3. The number of benzene rings is 3. The van der Waals surface area contributed by atoms with E-state index in [2.05, 4.69) is 5.32 Å². The number of carbonyl (C=O) groups is 4. The number of hydrogen-bond donors (Lipinski definition) is 1. The van der Waals surface area contributed by atoms with Crippen LogP contribution in [0.15, 0.2) is 77.8 Å². The molecule has 2 amide bonds. The third-order valence-corrected chi connectivity index (χ3v) is 7.58. The molecule has 1 heterocycles. The van der Waals surface area contributed by atoms with Gasteiger partial charge in [0.15, 0.2) is 5.17 Å². The van der Waals surface area contributed by atoms with Crippen LogP contribution in [-0.4, -0.2) is 66.4 Å². The van der Waals surface area contributed by atoms with Gasteiger partial charge in [0.05, 0.1) is 37.6 Å². The summed E-state index contributed by atoms with van der Waals surface area (Å²) in [5, 5.41) is 2.47. The number of ether oxygens (including phenoxy) is 3. The van der Waals surface area contributed by atoms with Crippen molar-refractivity contribution in [3.8, 4) is 5.75 Å². The van der Waals surface area contributed by atoms with E-state index in [-0.39, 0.29) is 24.8 Å². The summed E-state index contributed by atoms with van der Waals surface area (Å²) in [6.45, 7) is 2.37. The Hall–Kier alpha value is -4.64. The summed E-state index contributed by atoms with van der Waals surface area (Å²) in [6.07, 6.45) is 0.556. The average Bonchev–Trinajstić information content (AvgIpc) is 3.01. The van der Waals surface area contributed by atoms with E-state index in [4.69, 9.17) is 19.2 Å². The number of hydrogen-bond acceptors (Lipinski definition) is 9. The molecule has 0 aromatic heterocycles. The molecule has 1 aliphatic rings. The molecular weight excluding hydrogens is 558 g/mol. The maximum Gasteiger partial charge on any atom is 0.338 e. The fourth-order valence-corrected chi connectivity index (χ4v) is 5.25. The van der Waals surface area contributed by atoms with Crippen LogP contribution in [0.25, 0.3) is 0 Å². The minimum absolute atomic E-state index is 0.0137.